The third-order valence-corrected chi connectivity index (χ3v) is 4.05. The summed E-state index contributed by atoms with van der Waals surface area (Å²) in [6, 6.07) is 0. The molecule has 0 rings (SSSR count). The second-order valence-corrected chi connectivity index (χ2v) is 6.38. The van der Waals surface area contributed by atoms with E-state index in [0.717, 1.165) is 25.7 Å². The van der Waals surface area contributed by atoms with Gasteiger partial charge in [-0.1, -0.05) is 70.4 Å². The van der Waals surface area contributed by atoms with Gasteiger partial charge >= 0.3 is 12.1 Å². The molecule has 0 radical (unpaired) electrons. The zero-order valence-corrected chi connectivity index (χ0v) is 15.8. The molecule has 0 aromatic carbocycles. The number of esters is 1. The van der Waals surface area contributed by atoms with Crippen molar-refractivity contribution in [2.24, 2.45) is 0 Å². The summed E-state index contributed by atoms with van der Waals surface area (Å²) in [7, 11) is 0. The molecule has 25 heavy (non-hydrogen) atoms. The number of unbranched alkanes of at least 4 members (excludes halogenated alkanes) is 11. The van der Waals surface area contributed by atoms with Crippen molar-refractivity contribution in [2.45, 2.75) is 96.8 Å². The van der Waals surface area contributed by atoms with E-state index in [-0.39, 0.29) is 0 Å². The highest BCUT2D eigenvalue weighted by Crippen LogP contribution is 2.10. The van der Waals surface area contributed by atoms with Crippen molar-refractivity contribution in [2.75, 3.05) is 6.79 Å². The van der Waals surface area contributed by atoms with Crippen molar-refractivity contribution in [1.82, 2.24) is 0 Å². The Balaban J connectivity index is 3.21. The van der Waals surface area contributed by atoms with Crippen molar-refractivity contribution in [3.8, 4) is 0 Å². The molecule has 0 bridgehead atoms. The van der Waals surface area contributed by atoms with Gasteiger partial charge in [0.15, 0.2) is 0 Å². The average molecular weight is 357 g/mol. The second kappa shape index (κ2) is 18.8. The van der Waals surface area contributed by atoms with Crippen LogP contribution in [0.1, 0.15) is 96.8 Å². The Kier molecular flexibility index (Phi) is 17.7. The summed E-state index contributed by atoms with van der Waals surface area (Å²) in [6.45, 7) is 1.73. The van der Waals surface area contributed by atoms with Gasteiger partial charge < -0.3 is 14.6 Å². The van der Waals surface area contributed by atoms with Gasteiger partial charge in [0, 0.05) is 6.42 Å². The van der Waals surface area contributed by atoms with Crippen LogP contribution in [-0.2, 0) is 14.3 Å². The van der Waals surface area contributed by atoms with E-state index in [0.29, 0.717) is 6.42 Å². The third kappa shape index (κ3) is 20.4. The predicted molar refractivity (Wildman–Crippen MR) is 99.5 cm³/mol. The maximum Gasteiger partial charge on any atom is 0.508 e. The van der Waals surface area contributed by atoms with Crippen LogP contribution >= 0.6 is 0 Å². The van der Waals surface area contributed by atoms with Crippen LogP contribution in [0.5, 0.6) is 0 Å². The van der Waals surface area contributed by atoms with E-state index in [1.165, 1.54) is 57.8 Å². The van der Waals surface area contributed by atoms with Crippen LogP contribution in [0.15, 0.2) is 12.2 Å². The van der Waals surface area contributed by atoms with Gasteiger partial charge in [0.25, 0.3) is 0 Å². The van der Waals surface area contributed by atoms with E-state index in [9.17, 15) is 9.59 Å². The minimum absolute atomic E-state index is 0.321. The predicted octanol–water partition coefficient (Wildman–Crippen LogP) is 6.22. The number of ether oxygens (including phenoxy) is 2. The Labute approximate surface area is 152 Å². The lowest BCUT2D eigenvalue weighted by molar-refractivity contribution is -0.152. The summed E-state index contributed by atoms with van der Waals surface area (Å²) >= 11 is 0. The van der Waals surface area contributed by atoms with Crippen LogP contribution in [0.2, 0.25) is 0 Å². The summed E-state index contributed by atoms with van der Waals surface area (Å²) < 4.78 is 8.73. The van der Waals surface area contributed by atoms with Crippen LogP contribution in [0.4, 0.5) is 4.79 Å². The first-order valence-corrected chi connectivity index (χ1v) is 9.83. The zero-order chi connectivity index (χ0) is 18.6. The Morgan fingerprint density at radius 2 is 1.28 bits per heavy atom. The SMILES string of the molecule is CCCCCCCC/C=C\CCCCCCCC(=O)OCOC(=O)O. The summed E-state index contributed by atoms with van der Waals surface area (Å²) in [6.07, 6.45) is 19.2. The lowest BCUT2D eigenvalue weighted by Crippen LogP contribution is -2.10. The van der Waals surface area contributed by atoms with Crippen LogP contribution in [-0.4, -0.2) is 24.0 Å². The molecule has 0 unspecified atom stereocenters. The number of carboxylic acid groups (broad SMARTS) is 1. The lowest BCUT2D eigenvalue weighted by atomic mass is 10.1. The van der Waals surface area contributed by atoms with Crippen molar-refractivity contribution in [1.29, 1.82) is 0 Å². The van der Waals surface area contributed by atoms with E-state index in [4.69, 9.17) is 5.11 Å². The first kappa shape index (κ1) is 23.5. The average Bonchev–Trinajstić information content (AvgIpc) is 2.58. The van der Waals surface area contributed by atoms with Crippen LogP contribution < -0.4 is 0 Å². The molecule has 146 valence electrons. The molecule has 0 aliphatic carbocycles. The highest BCUT2D eigenvalue weighted by Gasteiger charge is 2.04. The van der Waals surface area contributed by atoms with Gasteiger partial charge in [-0.05, 0) is 32.1 Å². The maximum atomic E-state index is 11.3. The van der Waals surface area contributed by atoms with Gasteiger partial charge in [0.1, 0.15) is 0 Å². The van der Waals surface area contributed by atoms with E-state index in [2.05, 4.69) is 28.5 Å². The molecule has 5 nitrogen and oxygen atoms in total. The normalized spacial score (nSPS) is 10.9. The van der Waals surface area contributed by atoms with Crippen LogP contribution in [0.3, 0.4) is 0 Å². The third-order valence-electron chi connectivity index (χ3n) is 4.05. The molecule has 0 spiro atoms. The molecule has 0 heterocycles. The molecule has 1 N–H and O–H groups in total. The van der Waals surface area contributed by atoms with E-state index in [1.807, 2.05) is 0 Å². The smallest absolute Gasteiger partial charge is 0.450 e. The number of hydrogen-bond acceptors (Lipinski definition) is 4. The Morgan fingerprint density at radius 1 is 0.760 bits per heavy atom. The lowest BCUT2D eigenvalue weighted by Gasteiger charge is -2.03. The molecule has 0 saturated heterocycles. The molecule has 0 aliphatic rings. The fraction of sp³-hybridized carbons (Fsp3) is 0.800. The highest BCUT2D eigenvalue weighted by atomic mass is 16.7. The van der Waals surface area contributed by atoms with Gasteiger partial charge in [-0.3, -0.25) is 4.79 Å². The quantitative estimate of drug-likeness (QED) is 0.145. The molecular weight excluding hydrogens is 320 g/mol. The molecule has 0 amide bonds. The van der Waals surface area contributed by atoms with E-state index in [1.54, 1.807) is 0 Å². The molecule has 5 heteroatoms. The van der Waals surface area contributed by atoms with Crippen molar-refractivity contribution in [3.05, 3.63) is 12.2 Å². The van der Waals surface area contributed by atoms with Crippen LogP contribution in [0.25, 0.3) is 0 Å². The molecule has 0 aliphatic heterocycles. The minimum Gasteiger partial charge on any atom is -0.450 e. The van der Waals surface area contributed by atoms with Crippen molar-refractivity contribution < 1.29 is 24.2 Å². The molecule has 0 aromatic rings. The Bertz CT molecular complexity index is 352. The van der Waals surface area contributed by atoms with Gasteiger partial charge in [-0.2, -0.15) is 0 Å². The standard InChI is InChI=1S/C20H36O5/c1-2-3-4-5-6-7-8-9-10-11-12-13-14-15-16-17-19(21)24-18-25-20(22)23/h9-10H,2-8,11-18H2,1H3,(H,22,23)/b10-9-. The maximum absolute atomic E-state index is 11.3. The van der Waals surface area contributed by atoms with Gasteiger partial charge in [0.05, 0.1) is 0 Å². The summed E-state index contributed by atoms with van der Waals surface area (Å²) in [4.78, 5) is 21.3. The van der Waals surface area contributed by atoms with Gasteiger partial charge in [0.2, 0.25) is 6.79 Å². The minimum atomic E-state index is -1.44. The number of carbonyl (C=O) groups excluding carboxylic acids is 1. The number of rotatable bonds is 17. The molecule has 0 saturated carbocycles. The fourth-order valence-electron chi connectivity index (χ4n) is 2.56. The van der Waals surface area contributed by atoms with Gasteiger partial charge in [-0.25, -0.2) is 4.79 Å². The van der Waals surface area contributed by atoms with Crippen LogP contribution in [0, 0.1) is 0 Å². The Morgan fingerprint density at radius 3 is 1.84 bits per heavy atom. The number of hydrogen-bond donors (Lipinski definition) is 1. The molecule has 0 fully saturated rings. The van der Waals surface area contributed by atoms with Gasteiger partial charge in [-0.15, -0.1) is 0 Å². The first-order valence-electron chi connectivity index (χ1n) is 9.83. The van der Waals surface area contributed by atoms with Crippen molar-refractivity contribution >= 4 is 12.1 Å². The zero-order valence-electron chi connectivity index (χ0n) is 15.8. The fourth-order valence-corrected chi connectivity index (χ4v) is 2.56. The topological polar surface area (TPSA) is 72.8 Å². The Hall–Kier alpha value is -1.52. The molecule has 0 atom stereocenters. The van der Waals surface area contributed by atoms with E-state index < -0.39 is 18.9 Å². The monoisotopic (exact) mass is 356 g/mol. The van der Waals surface area contributed by atoms with E-state index >= 15 is 0 Å². The summed E-state index contributed by atoms with van der Waals surface area (Å²) in [5.74, 6) is -0.404. The van der Waals surface area contributed by atoms with Crippen molar-refractivity contribution in [3.63, 3.8) is 0 Å². The highest BCUT2D eigenvalue weighted by molar-refractivity contribution is 5.69. The number of allylic oxidation sites excluding steroid dienone is 2. The molecular formula is C20H36O5. The first-order chi connectivity index (χ1) is 12.2. The summed E-state index contributed by atoms with van der Waals surface area (Å²) in [5.41, 5.74) is 0. The number of carbonyl (C=O) groups is 2. The largest absolute Gasteiger partial charge is 0.508 e. The summed E-state index contributed by atoms with van der Waals surface area (Å²) in [5, 5.41) is 8.22. The second-order valence-electron chi connectivity index (χ2n) is 6.38. The molecule has 0 aromatic heterocycles.